The molecule has 30 heavy (non-hydrogen) atoms. The molecule has 1 atom stereocenters. The molecule has 0 aliphatic carbocycles. The molecule has 1 unspecified atom stereocenters. The van der Waals surface area contributed by atoms with E-state index in [4.69, 9.17) is 4.74 Å². The third-order valence-electron chi connectivity index (χ3n) is 5.69. The molecule has 2 amide bonds. The summed E-state index contributed by atoms with van der Waals surface area (Å²) < 4.78 is 5.44. The number of aromatic nitrogens is 1. The van der Waals surface area contributed by atoms with Crippen LogP contribution in [-0.2, 0) is 9.53 Å². The van der Waals surface area contributed by atoms with Gasteiger partial charge in [-0.15, -0.1) is 0 Å². The van der Waals surface area contributed by atoms with E-state index in [1.54, 1.807) is 42.7 Å². The van der Waals surface area contributed by atoms with E-state index < -0.39 is 5.92 Å². The normalized spacial score (nSPS) is 20.6. The predicted octanol–water partition coefficient (Wildman–Crippen LogP) is 2.53. The van der Waals surface area contributed by atoms with Gasteiger partial charge in [0.1, 0.15) is 5.82 Å². The number of imide groups is 1. The number of ether oxygens (including phenoxy) is 1. The van der Waals surface area contributed by atoms with Crippen molar-refractivity contribution in [2.75, 3.05) is 37.7 Å². The summed E-state index contributed by atoms with van der Waals surface area (Å²) in [5.41, 5.74) is 1.05. The van der Waals surface area contributed by atoms with Gasteiger partial charge in [0, 0.05) is 36.6 Å². The highest BCUT2D eigenvalue weighted by Gasteiger charge is 2.39. The smallest absolute Gasteiger partial charge is 0.266 e. The number of carbonyl (C=O) groups is 2. The molecule has 2 aliphatic heterocycles. The topological polar surface area (TPSA) is 75.1 Å². The molecule has 0 saturated carbocycles. The standard InChI is InChI=1S/C23H26N4O3/c1-23(2,26-11-13-30-14-12-26)16-24-15-19-17-7-3-4-8-18(17)21(28)27(22(19)29)20-9-5-6-10-25-20/h3-10,15,19H,11-14,16H2,1-2H3. The van der Waals surface area contributed by atoms with Crippen molar-refractivity contribution in [3.05, 3.63) is 59.8 Å². The minimum atomic E-state index is -0.624. The first-order valence-electron chi connectivity index (χ1n) is 10.2. The summed E-state index contributed by atoms with van der Waals surface area (Å²) >= 11 is 0. The number of nitrogens with zero attached hydrogens (tertiary/aromatic N) is 4. The van der Waals surface area contributed by atoms with Gasteiger partial charge in [-0.05, 0) is 37.6 Å². The molecule has 1 aromatic heterocycles. The van der Waals surface area contributed by atoms with E-state index in [0.717, 1.165) is 31.2 Å². The highest BCUT2D eigenvalue weighted by Crippen LogP contribution is 2.31. The number of pyridine rings is 1. The van der Waals surface area contributed by atoms with Gasteiger partial charge in [-0.3, -0.25) is 19.5 Å². The highest BCUT2D eigenvalue weighted by molar-refractivity contribution is 6.28. The van der Waals surface area contributed by atoms with E-state index in [2.05, 4.69) is 28.7 Å². The molecule has 156 valence electrons. The van der Waals surface area contributed by atoms with Crippen LogP contribution in [-0.4, -0.2) is 66.3 Å². The van der Waals surface area contributed by atoms with Gasteiger partial charge >= 0.3 is 0 Å². The second-order valence-corrected chi connectivity index (χ2v) is 8.13. The van der Waals surface area contributed by atoms with Crippen LogP contribution in [0.5, 0.6) is 0 Å². The van der Waals surface area contributed by atoms with Crippen molar-refractivity contribution < 1.29 is 14.3 Å². The average Bonchev–Trinajstić information content (AvgIpc) is 2.77. The summed E-state index contributed by atoms with van der Waals surface area (Å²) in [4.78, 5) is 38.7. The monoisotopic (exact) mass is 406 g/mol. The largest absolute Gasteiger partial charge is 0.379 e. The van der Waals surface area contributed by atoms with Crippen LogP contribution in [0, 0.1) is 0 Å². The molecule has 0 bridgehead atoms. The molecule has 0 spiro atoms. The molecule has 3 heterocycles. The Labute approximate surface area is 176 Å². The van der Waals surface area contributed by atoms with Crippen molar-refractivity contribution in [3.8, 4) is 0 Å². The molecule has 1 aromatic carbocycles. The summed E-state index contributed by atoms with van der Waals surface area (Å²) in [5.74, 6) is -0.978. The first-order chi connectivity index (χ1) is 14.5. The Morgan fingerprint density at radius 2 is 1.87 bits per heavy atom. The minimum Gasteiger partial charge on any atom is -0.379 e. The van der Waals surface area contributed by atoms with E-state index >= 15 is 0 Å². The zero-order valence-corrected chi connectivity index (χ0v) is 17.3. The Morgan fingerprint density at radius 1 is 1.13 bits per heavy atom. The van der Waals surface area contributed by atoms with E-state index in [0.29, 0.717) is 23.5 Å². The van der Waals surface area contributed by atoms with Gasteiger partial charge in [0.25, 0.3) is 5.91 Å². The molecule has 2 aromatic rings. The fourth-order valence-corrected chi connectivity index (χ4v) is 3.95. The lowest BCUT2D eigenvalue weighted by Gasteiger charge is -2.40. The Bertz CT molecular complexity index is 952. The van der Waals surface area contributed by atoms with E-state index in [1.807, 2.05) is 12.1 Å². The number of benzene rings is 1. The molecule has 7 heteroatoms. The molecular formula is C23H26N4O3. The summed E-state index contributed by atoms with van der Waals surface area (Å²) in [6, 6.07) is 12.4. The first kappa shape index (κ1) is 20.4. The lowest BCUT2D eigenvalue weighted by atomic mass is 9.89. The minimum absolute atomic E-state index is 0.145. The van der Waals surface area contributed by atoms with Crippen LogP contribution < -0.4 is 4.90 Å². The number of fused-ring (bicyclic) bond motifs is 1. The molecule has 4 rings (SSSR count). The fourth-order valence-electron chi connectivity index (χ4n) is 3.95. The molecule has 0 N–H and O–H groups in total. The first-order valence-corrected chi connectivity index (χ1v) is 10.2. The number of anilines is 1. The zero-order valence-electron chi connectivity index (χ0n) is 17.3. The average molecular weight is 406 g/mol. The third-order valence-corrected chi connectivity index (χ3v) is 5.69. The molecular weight excluding hydrogens is 380 g/mol. The number of morpholine rings is 1. The molecule has 2 aliphatic rings. The van der Waals surface area contributed by atoms with Crippen LogP contribution >= 0.6 is 0 Å². The van der Waals surface area contributed by atoms with Gasteiger partial charge in [-0.25, -0.2) is 9.88 Å². The second-order valence-electron chi connectivity index (χ2n) is 8.13. The van der Waals surface area contributed by atoms with Crippen molar-refractivity contribution in [2.45, 2.75) is 25.3 Å². The predicted molar refractivity (Wildman–Crippen MR) is 115 cm³/mol. The lowest BCUT2D eigenvalue weighted by molar-refractivity contribution is -0.118. The van der Waals surface area contributed by atoms with Gasteiger partial charge in [0.15, 0.2) is 0 Å². The van der Waals surface area contributed by atoms with Crippen LogP contribution in [0.2, 0.25) is 0 Å². The van der Waals surface area contributed by atoms with Crippen molar-refractivity contribution in [2.24, 2.45) is 4.99 Å². The molecule has 7 nitrogen and oxygen atoms in total. The quantitative estimate of drug-likeness (QED) is 0.563. The second kappa shape index (κ2) is 8.45. The lowest BCUT2D eigenvalue weighted by Crippen LogP contribution is -2.51. The third kappa shape index (κ3) is 3.91. The summed E-state index contributed by atoms with van der Waals surface area (Å²) in [6.07, 6.45) is 3.26. The molecule has 1 fully saturated rings. The number of amides is 2. The zero-order chi connectivity index (χ0) is 21.1. The summed E-state index contributed by atoms with van der Waals surface area (Å²) in [7, 11) is 0. The number of aliphatic imine (C=N–C) groups is 1. The van der Waals surface area contributed by atoms with Gasteiger partial charge in [-0.1, -0.05) is 24.3 Å². The van der Waals surface area contributed by atoms with E-state index in [-0.39, 0.29) is 17.4 Å². The van der Waals surface area contributed by atoms with Crippen molar-refractivity contribution in [1.29, 1.82) is 0 Å². The molecule has 1 saturated heterocycles. The maximum atomic E-state index is 13.3. The van der Waals surface area contributed by atoms with E-state index in [9.17, 15) is 9.59 Å². The number of hydrogen-bond acceptors (Lipinski definition) is 6. The van der Waals surface area contributed by atoms with Gasteiger partial charge in [-0.2, -0.15) is 0 Å². The van der Waals surface area contributed by atoms with Crippen molar-refractivity contribution >= 4 is 23.8 Å². The van der Waals surface area contributed by atoms with Gasteiger partial charge in [0.05, 0.1) is 25.7 Å². The Kier molecular flexibility index (Phi) is 5.74. The van der Waals surface area contributed by atoms with E-state index in [1.165, 1.54) is 0 Å². The summed E-state index contributed by atoms with van der Waals surface area (Å²) in [5, 5.41) is 0. The van der Waals surface area contributed by atoms with Crippen LogP contribution in [0.1, 0.15) is 35.7 Å². The van der Waals surface area contributed by atoms with Crippen LogP contribution in [0.25, 0.3) is 0 Å². The van der Waals surface area contributed by atoms with Gasteiger partial charge in [0.2, 0.25) is 5.91 Å². The van der Waals surface area contributed by atoms with Gasteiger partial charge < -0.3 is 4.74 Å². The van der Waals surface area contributed by atoms with Crippen LogP contribution in [0.4, 0.5) is 5.82 Å². The number of carbonyl (C=O) groups excluding carboxylic acids is 2. The van der Waals surface area contributed by atoms with Crippen molar-refractivity contribution in [1.82, 2.24) is 9.88 Å². The Hall–Kier alpha value is -2.90. The number of rotatable bonds is 5. The summed E-state index contributed by atoms with van der Waals surface area (Å²) in [6.45, 7) is 8.04. The maximum absolute atomic E-state index is 13.3. The van der Waals surface area contributed by atoms with Crippen molar-refractivity contribution in [3.63, 3.8) is 0 Å². The SMILES string of the molecule is CC(C)(CN=CC1C(=O)N(c2ccccn2)C(=O)c2ccccc21)N1CCOCC1. The Balaban J connectivity index is 1.61. The van der Waals surface area contributed by atoms with Crippen LogP contribution in [0.15, 0.2) is 53.7 Å². The highest BCUT2D eigenvalue weighted by atomic mass is 16.5. The fraction of sp³-hybridized carbons (Fsp3) is 0.391. The van der Waals surface area contributed by atoms with Crippen LogP contribution in [0.3, 0.4) is 0 Å². The Morgan fingerprint density at radius 3 is 2.60 bits per heavy atom. The maximum Gasteiger partial charge on any atom is 0.266 e. The number of hydrogen-bond donors (Lipinski definition) is 0. The molecule has 0 radical (unpaired) electrons.